The van der Waals surface area contributed by atoms with Gasteiger partial charge >= 0.3 is 6.18 Å². The van der Waals surface area contributed by atoms with E-state index < -0.39 is 17.2 Å². The molecule has 0 bridgehead atoms. The van der Waals surface area contributed by atoms with Gasteiger partial charge in [0.1, 0.15) is 0 Å². The van der Waals surface area contributed by atoms with E-state index in [0.29, 0.717) is 18.7 Å². The fraction of sp³-hybridized carbons (Fsp3) is 0.562. The number of piperidine rings is 1. The molecule has 0 aromatic heterocycles. The van der Waals surface area contributed by atoms with E-state index in [1.54, 1.807) is 24.8 Å². The predicted molar refractivity (Wildman–Crippen MR) is 78.3 cm³/mol. The summed E-state index contributed by atoms with van der Waals surface area (Å²) < 4.78 is 38.6. The third-order valence-corrected chi connectivity index (χ3v) is 4.19. The van der Waals surface area contributed by atoms with Crippen molar-refractivity contribution in [2.24, 2.45) is 5.73 Å². The number of amides is 1. The first-order chi connectivity index (χ1) is 10.1. The molecule has 1 atom stereocenters. The number of halogens is 3. The van der Waals surface area contributed by atoms with Crippen LogP contribution in [0.1, 0.15) is 37.8 Å². The lowest BCUT2D eigenvalue weighted by Crippen LogP contribution is -2.51. The Kier molecular flexibility index (Phi) is 4.52. The summed E-state index contributed by atoms with van der Waals surface area (Å²) in [5, 5.41) is 0. The molecule has 0 aliphatic carbocycles. The maximum atomic E-state index is 12.9. The average molecular weight is 314 g/mol. The van der Waals surface area contributed by atoms with Crippen molar-refractivity contribution in [1.82, 2.24) is 4.90 Å². The Bertz CT molecular complexity index is 555. The van der Waals surface area contributed by atoms with Crippen LogP contribution in [0, 0.1) is 0 Å². The predicted octanol–water partition coefficient (Wildman–Crippen LogP) is 2.93. The molecule has 22 heavy (non-hydrogen) atoms. The molecule has 1 aromatic rings. The number of benzene rings is 1. The van der Waals surface area contributed by atoms with E-state index in [2.05, 4.69) is 0 Å². The molecule has 122 valence electrons. The molecule has 1 aliphatic heterocycles. The lowest BCUT2D eigenvalue weighted by Gasteiger charge is -2.37. The number of nitrogens with zero attached hydrogens (tertiary/aromatic N) is 1. The van der Waals surface area contributed by atoms with E-state index in [-0.39, 0.29) is 11.9 Å². The van der Waals surface area contributed by atoms with Crippen LogP contribution in [0.25, 0.3) is 0 Å². The van der Waals surface area contributed by atoms with E-state index in [0.717, 1.165) is 25.0 Å². The van der Waals surface area contributed by atoms with E-state index in [1.165, 1.54) is 6.07 Å². The minimum atomic E-state index is -4.41. The van der Waals surface area contributed by atoms with Gasteiger partial charge in [0.2, 0.25) is 5.91 Å². The van der Waals surface area contributed by atoms with Gasteiger partial charge in [0.05, 0.1) is 11.0 Å². The number of likely N-dealkylation sites (tertiary alicyclic amines) is 1. The van der Waals surface area contributed by atoms with Crippen LogP contribution in [0.2, 0.25) is 0 Å². The highest BCUT2D eigenvalue weighted by Gasteiger charge is 2.37. The zero-order valence-corrected chi connectivity index (χ0v) is 12.8. The van der Waals surface area contributed by atoms with Gasteiger partial charge in [-0.15, -0.1) is 0 Å². The van der Waals surface area contributed by atoms with Gasteiger partial charge in [-0.05, 0) is 38.3 Å². The van der Waals surface area contributed by atoms with E-state index in [1.807, 2.05) is 0 Å². The van der Waals surface area contributed by atoms with Gasteiger partial charge in [-0.3, -0.25) is 4.79 Å². The number of hydrogen-bond donors (Lipinski definition) is 1. The number of carbonyl (C=O) groups excluding carboxylic acids is 1. The second-order valence-electron chi connectivity index (χ2n) is 6.36. The van der Waals surface area contributed by atoms with Gasteiger partial charge in [0.15, 0.2) is 0 Å². The minimum Gasteiger partial charge on any atom is -0.340 e. The van der Waals surface area contributed by atoms with Gasteiger partial charge < -0.3 is 10.6 Å². The normalized spacial score (nSPS) is 20.1. The van der Waals surface area contributed by atoms with Gasteiger partial charge in [0, 0.05) is 19.1 Å². The maximum absolute atomic E-state index is 12.9. The second kappa shape index (κ2) is 5.91. The lowest BCUT2D eigenvalue weighted by atomic mass is 9.82. The molecule has 1 aromatic carbocycles. The molecule has 1 unspecified atom stereocenters. The Morgan fingerprint density at radius 2 is 1.91 bits per heavy atom. The minimum absolute atomic E-state index is 0.0602. The molecular formula is C16H21F3N2O. The Balaban J connectivity index is 2.27. The van der Waals surface area contributed by atoms with Crippen molar-refractivity contribution >= 4 is 5.91 Å². The summed E-state index contributed by atoms with van der Waals surface area (Å²) in [6.45, 7) is 4.38. The van der Waals surface area contributed by atoms with Crippen molar-refractivity contribution in [2.45, 2.75) is 44.3 Å². The highest BCUT2D eigenvalue weighted by Crippen LogP contribution is 2.34. The van der Waals surface area contributed by atoms with E-state index >= 15 is 0 Å². The Labute approximate surface area is 128 Å². The molecule has 1 saturated heterocycles. The van der Waals surface area contributed by atoms with Crippen LogP contribution >= 0.6 is 0 Å². The van der Waals surface area contributed by atoms with Crippen LogP contribution in [-0.4, -0.2) is 29.9 Å². The average Bonchev–Trinajstić information content (AvgIpc) is 2.45. The molecule has 2 N–H and O–H groups in total. The number of hydrogen-bond acceptors (Lipinski definition) is 2. The molecule has 6 heteroatoms. The van der Waals surface area contributed by atoms with Crippen LogP contribution in [0.3, 0.4) is 0 Å². The molecule has 2 rings (SSSR count). The summed E-state index contributed by atoms with van der Waals surface area (Å²) >= 11 is 0. The Morgan fingerprint density at radius 3 is 2.50 bits per heavy atom. The van der Waals surface area contributed by atoms with E-state index in [4.69, 9.17) is 5.73 Å². The largest absolute Gasteiger partial charge is 0.416 e. The molecule has 0 saturated carbocycles. The van der Waals surface area contributed by atoms with Crippen molar-refractivity contribution in [1.29, 1.82) is 0 Å². The first kappa shape index (κ1) is 16.8. The molecule has 1 heterocycles. The van der Waals surface area contributed by atoms with Crippen LogP contribution in [0.4, 0.5) is 13.2 Å². The fourth-order valence-electron chi connectivity index (χ4n) is 2.80. The first-order valence-electron chi connectivity index (χ1n) is 7.35. The van der Waals surface area contributed by atoms with Gasteiger partial charge in [0.25, 0.3) is 0 Å². The standard InChI is InChI=1S/C16H21F3N2O/c1-15(2,14(22)21-8-4-7-13(20)10-21)11-5-3-6-12(9-11)16(17,18)19/h3,5-6,9,13H,4,7-8,10,20H2,1-2H3. The molecule has 1 fully saturated rings. The zero-order chi connectivity index (χ0) is 16.5. The molecule has 3 nitrogen and oxygen atoms in total. The fourth-order valence-corrected chi connectivity index (χ4v) is 2.80. The second-order valence-corrected chi connectivity index (χ2v) is 6.36. The van der Waals surface area contributed by atoms with Crippen LogP contribution in [0.5, 0.6) is 0 Å². The SMILES string of the molecule is CC(C)(C(=O)N1CCCC(N)C1)c1cccc(C(F)(F)F)c1. The third-order valence-electron chi connectivity index (χ3n) is 4.19. The zero-order valence-electron chi connectivity index (χ0n) is 12.8. The van der Waals surface area contributed by atoms with Crippen LogP contribution < -0.4 is 5.73 Å². The molecule has 0 radical (unpaired) electrons. The number of rotatable bonds is 2. The van der Waals surface area contributed by atoms with Crippen molar-refractivity contribution in [3.05, 3.63) is 35.4 Å². The van der Waals surface area contributed by atoms with Gasteiger partial charge in [-0.25, -0.2) is 0 Å². The summed E-state index contributed by atoms with van der Waals surface area (Å²) in [7, 11) is 0. The quantitative estimate of drug-likeness (QED) is 0.912. The smallest absolute Gasteiger partial charge is 0.340 e. The summed E-state index contributed by atoms with van der Waals surface area (Å²) in [4.78, 5) is 14.4. The van der Waals surface area contributed by atoms with Crippen molar-refractivity contribution in [3.8, 4) is 0 Å². The topological polar surface area (TPSA) is 46.3 Å². The van der Waals surface area contributed by atoms with Crippen molar-refractivity contribution in [3.63, 3.8) is 0 Å². The summed E-state index contributed by atoms with van der Waals surface area (Å²) in [5.41, 5.74) is 4.50. The first-order valence-corrected chi connectivity index (χ1v) is 7.35. The number of carbonyl (C=O) groups is 1. The van der Waals surface area contributed by atoms with Crippen molar-refractivity contribution < 1.29 is 18.0 Å². The van der Waals surface area contributed by atoms with Crippen LogP contribution in [-0.2, 0) is 16.4 Å². The Hall–Kier alpha value is -1.56. The number of nitrogens with two attached hydrogens (primary N) is 1. The summed E-state index contributed by atoms with van der Waals surface area (Å²) in [5.74, 6) is -0.179. The molecule has 0 spiro atoms. The monoisotopic (exact) mass is 314 g/mol. The van der Waals surface area contributed by atoms with Gasteiger partial charge in [-0.2, -0.15) is 13.2 Å². The van der Waals surface area contributed by atoms with Gasteiger partial charge in [-0.1, -0.05) is 18.2 Å². The summed E-state index contributed by atoms with van der Waals surface area (Å²) in [6, 6.07) is 4.92. The highest BCUT2D eigenvalue weighted by atomic mass is 19.4. The van der Waals surface area contributed by atoms with Crippen molar-refractivity contribution in [2.75, 3.05) is 13.1 Å². The molecule has 1 amide bonds. The maximum Gasteiger partial charge on any atom is 0.416 e. The lowest BCUT2D eigenvalue weighted by molar-refractivity contribution is -0.139. The van der Waals surface area contributed by atoms with Crippen LogP contribution in [0.15, 0.2) is 24.3 Å². The number of alkyl halides is 3. The third kappa shape index (κ3) is 3.43. The highest BCUT2D eigenvalue weighted by molar-refractivity contribution is 5.87. The van der Waals surface area contributed by atoms with E-state index in [9.17, 15) is 18.0 Å². The molecular weight excluding hydrogens is 293 g/mol. The summed E-state index contributed by atoms with van der Waals surface area (Å²) in [6.07, 6.45) is -2.72. The molecule has 1 aliphatic rings. The Morgan fingerprint density at radius 1 is 1.27 bits per heavy atom.